The lowest BCUT2D eigenvalue weighted by Crippen LogP contribution is -2.37. The van der Waals surface area contributed by atoms with Gasteiger partial charge in [0, 0.05) is 53.1 Å². The Morgan fingerprint density at radius 2 is 1.72 bits per heavy atom. The molecular formula is C31H23Cl3N4O. The fourth-order valence-corrected chi connectivity index (χ4v) is 5.81. The normalized spacial score (nSPS) is 16.5. The molecule has 0 saturated carbocycles. The number of rotatable bonds is 6. The maximum absolute atomic E-state index is 12.3. The van der Waals surface area contributed by atoms with Gasteiger partial charge in [0.05, 0.1) is 16.2 Å². The molecule has 2 aromatic heterocycles. The van der Waals surface area contributed by atoms with Crippen LogP contribution in [0.3, 0.4) is 0 Å². The number of nitrogens with zero attached hydrogens (tertiary/aromatic N) is 4. The molecule has 6 rings (SSSR count). The van der Waals surface area contributed by atoms with Crippen LogP contribution in [0.1, 0.15) is 28.7 Å². The second-order valence-corrected chi connectivity index (χ2v) is 10.7. The lowest BCUT2D eigenvalue weighted by Gasteiger charge is -2.36. The zero-order chi connectivity index (χ0) is 27.0. The van der Waals surface area contributed by atoms with Crippen molar-refractivity contribution in [3.63, 3.8) is 0 Å². The molecule has 1 aliphatic heterocycles. The van der Waals surface area contributed by atoms with Gasteiger partial charge in [0.1, 0.15) is 10.8 Å². The molecule has 5 aromatic rings. The van der Waals surface area contributed by atoms with E-state index < -0.39 is 5.60 Å². The van der Waals surface area contributed by atoms with Crippen LogP contribution in [0.2, 0.25) is 15.2 Å². The van der Waals surface area contributed by atoms with E-state index in [0.29, 0.717) is 44.7 Å². The zero-order valence-corrected chi connectivity index (χ0v) is 22.9. The fraction of sp³-hybridized carbons (Fsp3) is 0.129. The van der Waals surface area contributed by atoms with Crippen LogP contribution in [-0.2, 0) is 12.0 Å². The first kappa shape index (κ1) is 25.8. The summed E-state index contributed by atoms with van der Waals surface area (Å²) in [5.41, 5.74) is 3.42. The van der Waals surface area contributed by atoms with Crippen LogP contribution in [0.15, 0.2) is 102 Å². The van der Waals surface area contributed by atoms with Crippen LogP contribution in [0.4, 0.5) is 0 Å². The molecule has 0 aliphatic carbocycles. The van der Waals surface area contributed by atoms with E-state index in [0.717, 1.165) is 22.2 Å². The van der Waals surface area contributed by atoms with Gasteiger partial charge in [0.2, 0.25) is 0 Å². The van der Waals surface area contributed by atoms with Crippen molar-refractivity contribution in [2.75, 3.05) is 0 Å². The summed E-state index contributed by atoms with van der Waals surface area (Å²) < 4.78 is 1.80. The van der Waals surface area contributed by atoms with Crippen LogP contribution >= 0.6 is 34.8 Å². The number of benzene rings is 3. The lowest BCUT2D eigenvalue weighted by molar-refractivity contribution is 0.0466. The third-order valence-corrected chi connectivity index (χ3v) is 8.16. The van der Waals surface area contributed by atoms with E-state index >= 15 is 0 Å². The van der Waals surface area contributed by atoms with Crippen LogP contribution in [0.25, 0.3) is 16.6 Å². The molecule has 0 spiro atoms. The monoisotopic (exact) mass is 572 g/mol. The van der Waals surface area contributed by atoms with Gasteiger partial charge in [-0.15, -0.1) is 0 Å². The summed E-state index contributed by atoms with van der Waals surface area (Å²) in [5, 5.41) is 18.8. The van der Waals surface area contributed by atoms with Gasteiger partial charge in [0.15, 0.2) is 0 Å². The van der Waals surface area contributed by atoms with Gasteiger partial charge in [-0.25, -0.2) is 9.67 Å². The van der Waals surface area contributed by atoms with Crippen molar-refractivity contribution < 1.29 is 5.11 Å². The highest BCUT2D eigenvalue weighted by molar-refractivity contribution is 6.39. The van der Waals surface area contributed by atoms with E-state index in [2.05, 4.69) is 15.1 Å². The Morgan fingerprint density at radius 3 is 2.41 bits per heavy atom. The molecule has 0 amide bonds. The second kappa shape index (κ2) is 10.6. The van der Waals surface area contributed by atoms with Crippen molar-refractivity contribution in [1.82, 2.24) is 14.8 Å². The summed E-state index contributed by atoms with van der Waals surface area (Å²) in [4.78, 5) is 8.96. The third-order valence-electron chi connectivity index (χ3n) is 7.16. The average molecular weight is 574 g/mol. The van der Waals surface area contributed by atoms with E-state index in [-0.39, 0.29) is 5.92 Å². The number of allylic oxidation sites excluding steroid dienone is 1. The largest absolute Gasteiger partial charge is 0.380 e. The first-order valence-corrected chi connectivity index (χ1v) is 13.6. The molecule has 2 unspecified atom stereocenters. The SMILES string of the molecule is OC(c1ccc(Cl)cc1)(c1ccc2nc(Cl)c(Cc3ccc(-n4cccn4)cc3)c(Cl)c2c1)C1C=NC=CC1. The summed E-state index contributed by atoms with van der Waals surface area (Å²) in [5.74, 6) is -0.284. The van der Waals surface area contributed by atoms with Crippen molar-refractivity contribution in [3.8, 4) is 5.69 Å². The maximum Gasteiger partial charge on any atom is 0.134 e. The lowest BCUT2D eigenvalue weighted by atomic mass is 9.74. The Hall–Kier alpha value is -3.48. The van der Waals surface area contributed by atoms with Gasteiger partial charge in [0.25, 0.3) is 0 Å². The summed E-state index contributed by atoms with van der Waals surface area (Å²) in [7, 11) is 0. The van der Waals surface area contributed by atoms with E-state index in [1.165, 1.54) is 0 Å². The van der Waals surface area contributed by atoms with Gasteiger partial charge in [-0.1, -0.05) is 71.2 Å². The topological polar surface area (TPSA) is 63.3 Å². The molecule has 1 N–H and O–H groups in total. The quantitative estimate of drug-likeness (QED) is 0.211. The molecule has 3 aromatic carbocycles. The zero-order valence-electron chi connectivity index (χ0n) is 20.7. The Bertz CT molecular complexity index is 1700. The van der Waals surface area contributed by atoms with E-state index in [9.17, 15) is 5.11 Å². The van der Waals surface area contributed by atoms with Gasteiger partial charge in [-0.05, 0) is 65.6 Å². The summed E-state index contributed by atoms with van der Waals surface area (Å²) in [6, 6.07) is 22.8. The van der Waals surface area contributed by atoms with Gasteiger partial charge >= 0.3 is 0 Å². The number of hydrogen-bond donors (Lipinski definition) is 1. The summed E-state index contributed by atoms with van der Waals surface area (Å²) in [6.07, 6.45) is 10.3. The van der Waals surface area contributed by atoms with Crippen molar-refractivity contribution in [2.24, 2.45) is 10.9 Å². The predicted octanol–water partition coefficient (Wildman–Crippen LogP) is 7.81. The molecule has 39 heavy (non-hydrogen) atoms. The standard InChI is InChI=1S/C31H23Cl3N4O/c32-24-9-6-21(7-10-24)31(39,23-3-1-14-35-19-23)22-8-13-28-26(18-22)29(33)27(30(34)37-28)17-20-4-11-25(12-5-20)38-16-2-15-36-38/h1-2,4-16,18-19,23,39H,3,17H2. The Labute approximate surface area is 241 Å². The van der Waals surface area contributed by atoms with Crippen molar-refractivity contribution in [1.29, 1.82) is 0 Å². The fourth-order valence-electron chi connectivity index (χ4n) is 5.08. The van der Waals surface area contributed by atoms with Gasteiger partial charge < -0.3 is 5.11 Å². The van der Waals surface area contributed by atoms with Crippen molar-refractivity contribution in [2.45, 2.75) is 18.4 Å². The highest BCUT2D eigenvalue weighted by Crippen LogP contribution is 2.42. The smallest absolute Gasteiger partial charge is 0.134 e. The molecule has 5 nitrogen and oxygen atoms in total. The molecule has 194 valence electrons. The average Bonchev–Trinajstić information content (AvgIpc) is 3.51. The third kappa shape index (κ3) is 4.88. The number of fused-ring (bicyclic) bond motifs is 1. The number of aliphatic hydroxyl groups is 1. The van der Waals surface area contributed by atoms with E-state index in [1.807, 2.05) is 72.9 Å². The van der Waals surface area contributed by atoms with E-state index in [1.54, 1.807) is 35.4 Å². The minimum atomic E-state index is -1.36. The van der Waals surface area contributed by atoms with Crippen LogP contribution < -0.4 is 0 Å². The first-order chi connectivity index (χ1) is 18.9. The number of aromatic nitrogens is 3. The second-order valence-electron chi connectivity index (χ2n) is 9.52. The Kier molecular flexibility index (Phi) is 7.00. The highest BCUT2D eigenvalue weighted by Gasteiger charge is 2.39. The molecule has 0 radical (unpaired) electrons. The van der Waals surface area contributed by atoms with Crippen LogP contribution in [0, 0.1) is 5.92 Å². The molecule has 0 saturated heterocycles. The molecule has 2 atom stereocenters. The number of hydrogen-bond acceptors (Lipinski definition) is 4. The first-order valence-electron chi connectivity index (χ1n) is 12.5. The molecule has 8 heteroatoms. The van der Waals surface area contributed by atoms with E-state index in [4.69, 9.17) is 34.8 Å². The van der Waals surface area contributed by atoms with Gasteiger partial charge in [-0.2, -0.15) is 5.10 Å². The van der Waals surface area contributed by atoms with Crippen molar-refractivity contribution in [3.05, 3.63) is 135 Å². The van der Waals surface area contributed by atoms with Crippen molar-refractivity contribution >= 4 is 51.9 Å². The molecule has 3 heterocycles. The predicted molar refractivity (Wildman–Crippen MR) is 158 cm³/mol. The Balaban J connectivity index is 1.42. The summed E-state index contributed by atoms with van der Waals surface area (Å²) >= 11 is 19.8. The summed E-state index contributed by atoms with van der Waals surface area (Å²) in [6.45, 7) is 0. The highest BCUT2D eigenvalue weighted by atomic mass is 35.5. The molecule has 1 aliphatic rings. The van der Waals surface area contributed by atoms with Gasteiger partial charge in [-0.3, -0.25) is 4.99 Å². The molecule has 0 fully saturated rings. The van der Waals surface area contributed by atoms with Crippen LogP contribution in [-0.4, -0.2) is 26.1 Å². The minimum Gasteiger partial charge on any atom is -0.380 e. The number of halogens is 3. The maximum atomic E-state index is 12.3. The number of pyridine rings is 1. The van der Waals surface area contributed by atoms with Crippen LogP contribution in [0.5, 0.6) is 0 Å². The molecular weight excluding hydrogens is 551 g/mol. The molecule has 0 bridgehead atoms. The Morgan fingerprint density at radius 1 is 0.949 bits per heavy atom. The minimum absolute atomic E-state index is 0.284. The number of aliphatic imine (C=N–C) groups is 1.